The van der Waals surface area contributed by atoms with Crippen molar-refractivity contribution < 1.29 is 14.7 Å². The van der Waals surface area contributed by atoms with E-state index in [0.29, 0.717) is 6.54 Å². The average Bonchev–Trinajstić information content (AvgIpc) is 2.31. The van der Waals surface area contributed by atoms with Crippen molar-refractivity contribution in [2.24, 2.45) is 4.99 Å². The van der Waals surface area contributed by atoms with Crippen molar-refractivity contribution in [3.63, 3.8) is 0 Å². The molecule has 0 unspecified atom stereocenters. The normalized spacial score (nSPS) is 18.9. The Bertz CT molecular complexity index is 285. The Balaban J connectivity index is 2.76. The van der Waals surface area contributed by atoms with E-state index >= 15 is 0 Å². The van der Waals surface area contributed by atoms with Crippen LogP contribution in [0.15, 0.2) is 17.6 Å². The predicted octanol–water partition coefficient (Wildman–Crippen LogP) is -0.362. The molecule has 6 heteroatoms. The van der Waals surface area contributed by atoms with Crippen LogP contribution in [-0.2, 0) is 4.79 Å². The lowest BCUT2D eigenvalue weighted by Gasteiger charge is -2.12. The van der Waals surface area contributed by atoms with Gasteiger partial charge < -0.3 is 10.0 Å². The topological polar surface area (TPSA) is 82.0 Å². The maximum Gasteiger partial charge on any atom is 0.434 e. The summed E-state index contributed by atoms with van der Waals surface area (Å²) in [7, 11) is 0. The van der Waals surface area contributed by atoms with Crippen molar-refractivity contribution in [3.8, 4) is 0 Å². The highest BCUT2D eigenvalue weighted by Crippen LogP contribution is 1.98. The molecule has 70 valence electrons. The Labute approximate surface area is 74.6 Å². The molecule has 13 heavy (non-hydrogen) atoms. The average molecular weight is 183 g/mol. The number of guanidine groups is 1. The van der Waals surface area contributed by atoms with E-state index in [-0.39, 0.29) is 18.4 Å². The first-order valence-corrected chi connectivity index (χ1v) is 3.61. The highest BCUT2D eigenvalue weighted by molar-refractivity contribution is 6.06. The molecule has 0 saturated carbocycles. The fraction of sp³-hybridized carbons (Fsp3) is 0.286. The zero-order valence-electron chi connectivity index (χ0n) is 6.86. The second-order valence-corrected chi connectivity index (χ2v) is 2.44. The lowest BCUT2D eigenvalue weighted by molar-refractivity contribution is -0.118. The first-order chi connectivity index (χ1) is 6.13. The van der Waals surface area contributed by atoms with Crippen molar-refractivity contribution in [2.45, 2.75) is 0 Å². The van der Waals surface area contributed by atoms with Crippen molar-refractivity contribution >= 4 is 18.0 Å². The van der Waals surface area contributed by atoms with Gasteiger partial charge in [0.15, 0.2) is 0 Å². The highest BCUT2D eigenvalue weighted by Gasteiger charge is 2.24. The minimum Gasteiger partial charge on any atom is -0.463 e. The fourth-order valence-electron chi connectivity index (χ4n) is 0.988. The molecule has 0 bridgehead atoms. The summed E-state index contributed by atoms with van der Waals surface area (Å²) in [5.41, 5.74) is 0. The molecule has 1 heterocycles. The number of carbonyl (C=O) groups excluding carboxylic acids is 1. The summed E-state index contributed by atoms with van der Waals surface area (Å²) < 4.78 is 0. The molecule has 0 aromatic carbocycles. The van der Waals surface area contributed by atoms with Gasteiger partial charge in [-0.15, -0.1) is 11.6 Å². The molecule has 1 saturated heterocycles. The fourth-order valence-corrected chi connectivity index (χ4v) is 0.988. The summed E-state index contributed by atoms with van der Waals surface area (Å²) >= 11 is 0. The molecular weight excluding hydrogens is 174 g/mol. The summed E-state index contributed by atoms with van der Waals surface area (Å²) in [6.45, 7) is 4.00. The number of nitrogens with one attached hydrogen (secondary N) is 1. The standard InChI is InChI=1S/C7H9N3O3/c1-2-3-10-4-5(11)8-6(10)9-7(12)13/h2H,1,3-4H2,(H,12,13)(H,8,9,11). The van der Waals surface area contributed by atoms with Crippen LogP contribution < -0.4 is 5.32 Å². The van der Waals surface area contributed by atoms with Crippen LogP contribution in [0.3, 0.4) is 0 Å². The van der Waals surface area contributed by atoms with Crippen LogP contribution in [0.1, 0.15) is 0 Å². The van der Waals surface area contributed by atoms with Crippen LogP contribution in [0.4, 0.5) is 4.79 Å². The van der Waals surface area contributed by atoms with Gasteiger partial charge >= 0.3 is 6.09 Å². The van der Waals surface area contributed by atoms with Crippen LogP contribution in [-0.4, -0.2) is 41.1 Å². The molecule has 0 atom stereocenters. The molecule has 6 nitrogen and oxygen atoms in total. The summed E-state index contributed by atoms with van der Waals surface area (Å²) in [4.78, 5) is 25.8. The third kappa shape index (κ3) is 2.29. The van der Waals surface area contributed by atoms with Crippen molar-refractivity contribution in [1.29, 1.82) is 0 Å². The van der Waals surface area contributed by atoms with E-state index in [1.165, 1.54) is 4.90 Å². The maximum absolute atomic E-state index is 10.9. The summed E-state index contributed by atoms with van der Waals surface area (Å²) in [6, 6.07) is 0. The van der Waals surface area contributed by atoms with Gasteiger partial charge in [-0.3, -0.25) is 10.1 Å². The van der Waals surface area contributed by atoms with Crippen molar-refractivity contribution in [1.82, 2.24) is 10.2 Å². The molecule has 0 aromatic heterocycles. The summed E-state index contributed by atoms with van der Waals surface area (Å²) in [5, 5.41) is 10.7. The SMILES string of the molecule is C=CCN1CC(=O)NC1=NC(=O)O. The Kier molecular flexibility index (Phi) is 2.63. The molecule has 2 N–H and O–H groups in total. The van der Waals surface area contributed by atoms with Gasteiger partial charge in [0.1, 0.15) is 6.54 Å². The molecule has 0 spiro atoms. The van der Waals surface area contributed by atoms with E-state index in [1.807, 2.05) is 0 Å². The van der Waals surface area contributed by atoms with Gasteiger partial charge in [-0.2, -0.15) is 0 Å². The number of hydrogen-bond acceptors (Lipinski definition) is 2. The molecule has 1 aliphatic rings. The van der Waals surface area contributed by atoms with Crippen LogP contribution in [0, 0.1) is 0 Å². The second kappa shape index (κ2) is 3.70. The van der Waals surface area contributed by atoms with Gasteiger partial charge in [-0.25, -0.2) is 4.79 Å². The van der Waals surface area contributed by atoms with Crippen molar-refractivity contribution in [3.05, 3.63) is 12.7 Å². The molecule has 0 aliphatic carbocycles. The van der Waals surface area contributed by atoms with Gasteiger partial charge in [0.05, 0.1) is 0 Å². The molecule has 1 fully saturated rings. The monoisotopic (exact) mass is 183 g/mol. The molecule has 1 rings (SSSR count). The zero-order chi connectivity index (χ0) is 9.84. The minimum atomic E-state index is -1.33. The van der Waals surface area contributed by atoms with Crippen LogP contribution in [0.25, 0.3) is 0 Å². The minimum absolute atomic E-state index is 0.0670. The number of rotatable bonds is 2. The Morgan fingerprint density at radius 3 is 3.08 bits per heavy atom. The second-order valence-electron chi connectivity index (χ2n) is 2.44. The van der Waals surface area contributed by atoms with Gasteiger partial charge in [0.2, 0.25) is 11.9 Å². The molecule has 0 radical (unpaired) electrons. The highest BCUT2D eigenvalue weighted by atomic mass is 16.4. The van der Waals surface area contributed by atoms with Crippen LogP contribution in [0.2, 0.25) is 0 Å². The first kappa shape index (κ1) is 9.24. The molecule has 2 amide bonds. The van der Waals surface area contributed by atoms with Crippen LogP contribution >= 0.6 is 0 Å². The third-order valence-corrected chi connectivity index (χ3v) is 1.44. The van der Waals surface area contributed by atoms with Gasteiger partial charge in [-0.1, -0.05) is 6.08 Å². The third-order valence-electron chi connectivity index (χ3n) is 1.44. The lowest BCUT2D eigenvalue weighted by atomic mass is 10.5. The summed E-state index contributed by atoms with van der Waals surface area (Å²) in [5.74, 6) is -0.195. The Morgan fingerprint density at radius 1 is 1.85 bits per heavy atom. The van der Waals surface area contributed by atoms with E-state index < -0.39 is 6.09 Å². The van der Waals surface area contributed by atoms with E-state index in [1.54, 1.807) is 6.08 Å². The van der Waals surface area contributed by atoms with E-state index in [0.717, 1.165) is 0 Å². The number of aliphatic imine (C=N–C) groups is 1. The van der Waals surface area contributed by atoms with Gasteiger partial charge in [-0.05, 0) is 0 Å². The van der Waals surface area contributed by atoms with E-state index in [4.69, 9.17) is 5.11 Å². The Morgan fingerprint density at radius 2 is 2.54 bits per heavy atom. The molecule has 1 aliphatic heterocycles. The van der Waals surface area contributed by atoms with Gasteiger partial charge in [0.25, 0.3) is 0 Å². The quantitative estimate of drug-likeness (QED) is 0.572. The number of hydrogen-bond donors (Lipinski definition) is 2. The zero-order valence-corrected chi connectivity index (χ0v) is 6.86. The molecule has 0 aromatic rings. The van der Waals surface area contributed by atoms with E-state index in [2.05, 4.69) is 16.9 Å². The number of carboxylic acid groups (broad SMARTS) is 1. The first-order valence-electron chi connectivity index (χ1n) is 3.61. The smallest absolute Gasteiger partial charge is 0.434 e. The largest absolute Gasteiger partial charge is 0.463 e. The lowest BCUT2D eigenvalue weighted by Crippen LogP contribution is -2.31. The number of nitrogens with zero attached hydrogens (tertiary/aromatic N) is 2. The Hall–Kier alpha value is -1.85. The molecular formula is C7H9N3O3. The number of carbonyl (C=O) groups is 2. The maximum atomic E-state index is 10.9. The van der Waals surface area contributed by atoms with Crippen LogP contribution in [0.5, 0.6) is 0 Å². The van der Waals surface area contributed by atoms with Gasteiger partial charge in [0, 0.05) is 6.54 Å². The summed E-state index contributed by atoms with van der Waals surface area (Å²) in [6.07, 6.45) is 0.240. The number of amides is 2. The van der Waals surface area contributed by atoms with Crippen molar-refractivity contribution in [2.75, 3.05) is 13.1 Å². The predicted molar refractivity (Wildman–Crippen MR) is 45.4 cm³/mol. The van der Waals surface area contributed by atoms with E-state index in [9.17, 15) is 9.59 Å².